The Kier molecular flexibility index (Phi) is 3.21. The van der Waals surface area contributed by atoms with Crippen LogP contribution < -0.4 is 0 Å². The number of rotatable bonds is 2. The second-order valence-corrected chi connectivity index (χ2v) is 5.41. The van der Waals surface area contributed by atoms with Crippen LogP contribution in [0.5, 0.6) is 0 Å². The molecule has 17 heavy (non-hydrogen) atoms. The maximum Gasteiger partial charge on any atom is 0.163 e. The van der Waals surface area contributed by atoms with E-state index >= 15 is 0 Å². The predicted octanol–water partition coefficient (Wildman–Crippen LogP) is 1.68. The van der Waals surface area contributed by atoms with Crippen molar-refractivity contribution in [2.45, 2.75) is 64.0 Å². The summed E-state index contributed by atoms with van der Waals surface area (Å²) in [6.45, 7) is 8.07. The Bertz CT molecular complexity index is 329. The van der Waals surface area contributed by atoms with Crippen LogP contribution in [-0.4, -0.2) is 36.5 Å². The van der Waals surface area contributed by atoms with Crippen molar-refractivity contribution < 1.29 is 18.9 Å². The van der Waals surface area contributed by atoms with E-state index in [1.165, 1.54) is 0 Å². The van der Waals surface area contributed by atoms with Crippen LogP contribution in [0, 0.1) is 12.3 Å². The molecule has 4 nitrogen and oxygen atoms in total. The highest BCUT2D eigenvalue weighted by Gasteiger charge is 2.49. The van der Waals surface area contributed by atoms with Gasteiger partial charge in [-0.15, -0.1) is 12.3 Å². The van der Waals surface area contributed by atoms with Crippen LogP contribution in [0.2, 0.25) is 0 Å². The summed E-state index contributed by atoms with van der Waals surface area (Å²) in [5.74, 6) is 1.46. The minimum absolute atomic E-state index is 0.120. The van der Waals surface area contributed by atoms with Gasteiger partial charge in [0, 0.05) is 6.42 Å². The van der Waals surface area contributed by atoms with Crippen molar-refractivity contribution in [3.63, 3.8) is 0 Å². The lowest BCUT2D eigenvalue weighted by atomic mass is 10.1. The molecule has 96 valence electrons. The molecule has 0 radical (unpaired) electrons. The van der Waals surface area contributed by atoms with Crippen molar-refractivity contribution in [1.29, 1.82) is 0 Å². The van der Waals surface area contributed by atoms with Crippen LogP contribution in [0.25, 0.3) is 0 Å². The Labute approximate surface area is 103 Å². The summed E-state index contributed by atoms with van der Waals surface area (Å²) in [7, 11) is 0. The Morgan fingerprint density at radius 1 is 1.12 bits per heavy atom. The van der Waals surface area contributed by atoms with Crippen molar-refractivity contribution in [2.75, 3.05) is 6.61 Å². The van der Waals surface area contributed by atoms with Crippen molar-refractivity contribution in [2.24, 2.45) is 0 Å². The normalized spacial score (nSPS) is 39.1. The number of terminal acetylenes is 1. The molecular weight excluding hydrogens is 220 g/mol. The van der Waals surface area contributed by atoms with Crippen LogP contribution in [0.3, 0.4) is 0 Å². The highest BCUT2D eigenvalue weighted by Crippen LogP contribution is 2.36. The first kappa shape index (κ1) is 12.8. The fourth-order valence-corrected chi connectivity index (χ4v) is 2.33. The van der Waals surface area contributed by atoms with Crippen LogP contribution in [0.15, 0.2) is 0 Å². The fraction of sp³-hybridized carbons (Fsp3) is 0.846. The highest BCUT2D eigenvalue weighted by atomic mass is 16.8. The van der Waals surface area contributed by atoms with Crippen molar-refractivity contribution in [1.82, 2.24) is 0 Å². The molecule has 2 saturated heterocycles. The first-order valence-corrected chi connectivity index (χ1v) is 5.94. The lowest BCUT2D eigenvalue weighted by Crippen LogP contribution is -2.38. The third-order valence-corrected chi connectivity index (χ3v) is 2.94. The van der Waals surface area contributed by atoms with Gasteiger partial charge in [0.1, 0.15) is 18.3 Å². The lowest BCUT2D eigenvalue weighted by molar-refractivity contribution is -0.174. The molecule has 0 amide bonds. The molecule has 0 N–H and O–H groups in total. The first-order chi connectivity index (χ1) is 7.83. The van der Waals surface area contributed by atoms with Gasteiger partial charge in [0.15, 0.2) is 11.6 Å². The van der Waals surface area contributed by atoms with Crippen molar-refractivity contribution in [3.05, 3.63) is 0 Å². The van der Waals surface area contributed by atoms with Crippen LogP contribution in [0.4, 0.5) is 0 Å². The first-order valence-electron chi connectivity index (χ1n) is 5.94. The fourth-order valence-electron chi connectivity index (χ4n) is 2.33. The molecule has 0 spiro atoms. The molecule has 2 aliphatic rings. The standard InChI is InChI=1S/C13H20O4/c1-6-7-9-11(17-13(4,5)15-9)10-8-14-12(2,3)16-10/h1,9-11H,7-8H2,2-5H3/t9-,10-,11+/m1/s1. The maximum absolute atomic E-state index is 5.87. The molecule has 2 fully saturated rings. The van der Waals surface area contributed by atoms with E-state index < -0.39 is 11.6 Å². The van der Waals surface area contributed by atoms with Crippen LogP contribution in [-0.2, 0) is 18.9 Å². The van der Waals surface area contributed by atoms with E-state index in [1.54, 1.807) is 0 Å². The van der Waals surface area contributed by atoms with Gasteiger partial charge in [-0.05, 0) is 27.7 Å². The molecule has 3 atom stereocenters. The van der Waals surface area contributed by atoms with E-state index in [4.69, 9.17) is 25.4 Å². The minimum Gasteiger partial charge on any atom is -0.348 e. The summed E-state index contributed by atoms with van der Waals surface area (Å²) in [5, 5.41) is 0. The molecular formula is C13H20O4. The van der Waals surface area contributed by atoms with E-state index in [1.807, 2.05) is 27.7 Å². The van der Waals surface area contributed by atoms with Gasteiger partial charge in [-0.2, -0.15) is 0 Å². The second-order valence-electron chi connectivity index (χ2n) is 5.41. The summed E-state index contributed by atoms with van der Waals surface area (Å²) in [6, 6.07) is 0. The summed E-state index contributed by atoms with van der Waals surface area (Å²) >= 11 is 0. The number of hydrogen-bond acceptors (Lipinski definition) is 4. The molecule has 0 aromatic carbocycles. The monoisotopic (exact) mass is 240 g/mol. The zero-order valence-electron chi connectivity index (χ0n) is 10.9. The molecule has 2 rings (SSSR count). The van der Waals surface area contributed by atoms with E-state index in [9.17, 15) is 0 Å². The molecule has 0 saturated carbocycles. The average Bonchev–Trinajstić information content (AvgIpc) is 2.67. The highest BCUT2D eigenvalue weighted by molar-refractivity contribution is 4.97. The van der Waals surface area contributed by atoms with Crippen LogP contribution >= 0.6 is 0 Å². The molecule has 4 heteroatoms. The van der Waals surface area contributed by atoms with Gasteiger partial charge in [-0.3, -0.25) is 0 Å². The van der Waals surface area contributed by atoms with Crippen molar-refractivity contribution >= 4 is 0 Å². The minimum atomic E-state index is -0.609. The zero-order chi connectivity index (χ0) is 12.7. The Morgan fingerprint density at radius 2 is 1.82 bits per heavy atom. The van der Waals surface area contributed by atoms with Gasteiger partial charge >= 0.3 is 0 Å². The zero-order valence-corrected chi connectivity index (χ0v) is 10.9. The molecule has 0 unspecified atom stereocenters. The summed E-state index contributed by atoms with van der Waals surface area (Å²) < 4.78 is 23.0. The van der Waals surface area contributed by atoms with Gasteiger partial charge in [0.05, 0.1) is 6.61 Å². The Morgan fingerprint density at radius 3 is 2.35 bits per heavy atom. The quantitative estimate of drug-likeness (QED) is 0.688. The van der Waals surface area contributed by atoms with Gasteiger partial charge in [-0.1, -0.05) is 0 Å². The van der Waals surface area contributed by atoms with Gasteiger partial charge in [0.25, 0.3) is 0 Å². The third kappa shape index (κ3) is 2.80. The van der Waals surface area contributed by atoms with E-state index in [0.29, 0.717) is 13.0 Å². The predicted molar refractivity (Wildman–Crippen MR) is 62.2 cm³/mol. The number of hydrogen-bond donors (Lipinski definition) is 0. The topological polar surface area (TPSA) is 36.9 Å². The van der Waals surface area contributed by atoms with E-state index in [0.717, 1.165) is 0 Å². The Hall–Kier alpha value is -0.600. The largest absolute Gasteiger partial charge is 0.348 e. The number of ether oxygens (including phenoxy) is 4. The van der Waals surface area contributed by atoms with Gasteiger partial charge in [0.2, 0.25) is 0 Å². The summed E-state index contributed by atoms with van der Waals surface area (Å²) in [6.07, 6.45) is 5.46. The summed E-state index contributed by atoms with van der Waals surface area (Å²) in [5.41, 5.74) is 0. The van der Waals surface area contributed by atoms with Crippen molar-refractivity contribution in [3.8, 4) is 12.3 Å². The molecule has 0 aromatic heterocycles. The molecule has 2 aliphatic heterocycles. The average molecular weight is 240 g/mol. The third-order valence-electron chi connectivity index (χ3n) is 2.94. The molecule has 0 bridgehead atoms. The SMILES string of the molecule is C#CC[C@H]1OC(C)(C)O[C@@H]1[C@H]1COC(C)(C)O1. The van der Waals surface area contributed by atoms with Gasteiger partial charge in [-0.25, -0.2) is 0 Å². The molecule has 0 aliphatic carbocycles. The van der Waals surface area contributed by atoms with E-state index in [2.05, 4.69) is 5.92 Å². The van der Waals surface area contributed by atoms with Crippen LogP contribution in [0.1, 0.15) is 34.1 Å². The Balaban J connectivity index is 2.07. The second kappa shape index (κ2) is 4.25. The lowest BCUT2D eigenvalue weighted by Gasteiger charge is -2.23. The van der Waals surface area contributed by atoms with E-state index in [-0.39, 0.29) is 18.3 Å². The smallest absolute Gasteiger partial charge is 0.163 e. The maximum atomic E-state index is 5.87. The molecule has 2 heterocycles. The van der Waals surface area contributed by atoms with Gasteiger partial charge < -0.3 is 18.9 Å². The summed E-state index contributed by atoms with van der Waals surface area (Å²) in [4.78, 5) is 0. The molecule has 0 aromatic rings.